The van der Waals surface area contributed by atoms with Gasteiger partial charge < -0.3 is 15.0 Å². The number of ether oxygens (including phenoxy) is 1. The third-order valence-electron chi connectivity index (χ3n) is 3.17. The van der Waals surface area contributed by atoms with Crippen molar-refractivity contribution < 1.29 is 9.53 Å². The van der Waals surface area contributed by atoms with Crippen LogP contribution in [0.5, 0.6) is 0 Å². The van der Waals surface area contributed by atoms with E-state index in [-0.39, 0.29) is 12.5 Å². The molecule has 1 amide bonds. The Labute approximate surface area is 135 Å². The van der Waals surface area contributed by atoms with Crippen molar-refractivity contribution in [3.05, 3.63) is 46.9 Å². The molecular formula is C16H14BrN3O2. The molecule has 0 radical (unpaired) electrons. The van der Waals surface area contributed by atoms with E-state index in [2.05, 4.69) is 31.2 Å². The summed E-state index contributed by atoms with van der Waals surface area (Å²) in [6.07, 6.45) is 0. The average Bonchev–Trinajstić information content (AvgIpc) is 2.90. The van der Waals surface area contributed by atoms with Crippen molar-refractivity contribution in [2.45, 2.75) is 0 Å². The molecule has 1 aromatic heterocycles. The van der Waals surface area contributed by atoms with Crippen molar-refractivity contribution in [1.29, 1.82) is 0 Å². The van der Waals surface area contributed by atoms with Crippen molar-refractivity contribution in [2.75, 3.05) is 19.0 Å². The minimum absolute atomic E-state index is 0.0286. The van der Waals surface area contributed by atoms with Crippen molar-refractivity contribution >= 4 is 38.6 Å². The van der Waals surface area contributed by atoms with Gasteiger partial charge in [-0.15, -0.1) is 0 Å². The number of aromatic amines is 1. The monoisotopic (exact) mass is 359 g/mol. The summed E-state index contributed by atoms with van der Waals surface area (Å²) in [5.74, 6) is 0.589. The van der Waals surface area contributed by atoms with Crippen LogP contribution in [-0.2, 0) is 9.53 Å². The lowest BCUT2D eigenvalue weighted by atomic mass is 10.2. The van der Waals surface area contributed by atoms with E-state index in [9.17, 15) is 4.79 Å². The van der Waals surface area contributed by atoms with Crippen LogP contribution >= 0.6 is 15.9 Å². The molecule has 1 heterocycles. The van der Waals surface area contributed by atoms with Crippen LogP contribution in [0.3, 0.4) is 0 Å². The first kappa shape index (κ1) is 14.7. The van der Waals surface area contributed by atoms with Crippen molar-refractivity contribution in [3.8, 4) is 11.4 Å². The number of carbonyl (C=O) groups excluding carboxylic acids is 1. The standard InChI is InChI=1S/C16H14BrN3O2/c1-22-9-15(21)18-10-6-7-13-14(8-10)20-16(19-13)11-4-2-3-5-12(11)17/h2-8H,9H2,1H3,(H,18,21)(H,19,20). The Morgan fingerprint density at radius 2 is 2.14 bits per heavy atom. The van der Waals surface area contributed by atoms with Crippen LogP contribution in [0.25, 0.3) is 22.4 Å². The minimum Gasteiger partial charge on any atom is -0.375 e. The molecule has 0 aliphatic heterocycles. The van der Waals surface area contributed by atoms with Crippen molar-refractivity contribution in [2.24, 2.45) is 0 Å². The second-order valence-electron chi connectivity index (χ2n) is 4.78. The molecule has 6 heteroatoms. The van der Waals surface area contributed by atoms with Gasteiger partial charge in [0, 0.05) is 22.8 Å². The van der Waals surface area contributed by atoms with Gasteiger partial charge in [-0.1, -0.05) is 34.1 Å². The molecule has 0 aliphatic carbocycles. The van der Waals surface area contributed by atoms with Gasteiger partial charge in [-0.2, -0.15) is 0 Å². The van der Waals surface area contributed by atoms with E-state index in [4.69, 9.17) is 4.74 Å². The zero-order valence-corrected chi connectivity index (χ0v) is 13.5. The van der Waals surface area contributed by atoms with E-state index < -0.39 is 0 Å². The number of aromatic nitrogens is 2. The van der Waals surface area contributed by atoms with Crippen LogP contribution in [0.2, 0.25) is 0 Å². The van der Waals surface area contributed by atoms with E-state index in [1.807, 2.05) is 42.5 Å². The predicted octanol–water partition coefficient (Wildman–Crippen LogP) is 3.58. The number of rotatable bonds is 4. The third-order valence-corrected chi connectivity index (χ3v) is 3.86. The van der Waals surface area contributed by atoms with E-state index >= 15 is 0 Å². The second-order valence-corrected chi connectivity index (χ2v) is 5.63. The lowest BCUT2D eigenvalue weighted by molar-refractivity contribution is -0.119. The van der Waals surface area contributed by atoms with Crippen molar-refractivity contribution in [3.63, 3.8) is 0 Å². The summed E-state index contributed by atoms with van der Waals surface area (Å²) in [5.41, 5.74) is 3.39. The number of carbonyl (C=O) groups is 1. The molecule has 5 nitrogen and oxygen atoms in total. The maximum atomic E-state index is 11.5. The maximum Gasteiger partial charge on any atom is 0.250 e. The first-order valence-electron chi connectivity index (χ1n) is 6.71. The molecule has 3 aromatic rings. The van der Waals surface area contributed by atoms with Crippen LogP contribution in [0.4, 0.5) is 5.69 Å². The Hall–Kier alpha value is -2.18. The van der Waals surface area contributed by atoms with E-state index in [0.29, 0.717) is 5.69 Å². The van der Waals surface area contributed by atoms with Crippen LogP contribution in [-0.4, -0.2) is 29.6 Å². The summed E-state index contributed by atoms with van der Waals surface area (Å²) in [6, 6.07) is 13.4. The molecule has 0 spiro atoms. The summed E-state index contributed by atoms with van der Waals surface area (Å²) in [4.78, 5) is 19.4. The third kappa shape index (κ3) is 3.03. The van der Waals surface area contributed by atoms with Gasteiger partial charge in [-0.25, -0.2) is 4.98 Å². The van der Waals surface area contributed by atoms with E-state index in [0.717, 1.165) is 26.9 Å². The summed E-state index contributed by atoms with van der Waals surface area (Å²) in [5, 5.41) is 2.77. The molecule has 22 heavy (non-hydrogen) atoms. The van der Waals surface area contributed by atoms with Crippen LogP contribution in [0.1, 0.15) is 0 Å². The molecule has 0 saturated carbocycles. The Bertz CT molecular complexity index is 829. The van der Waals surface area contributed by atoms with Gasteiger partial charge >= 0.3 is 0 Å². The van der Waals surface area contributed by atoms with Gasteiger partial charge in [-0.05, 0) is 24.3 Å². The Balaban J connectivity index is 1.94. The molecule has 2 N–H and O–H groups in total. The highest BCUT2D eigenvalue weighted by Crippen LogP contribution is 2.28. The first-order valence-corrected chi connectivity index (χ1v) is 7.50. The quantitative estimate of drug-likeness (QED) is 0.748. The number of hydrogen-bond acceptors (Lipinski definition) is 3. The molecule has 0 saturated heterocycles. The van der Waals surface area contributed by atoms with Gasteiger partial charge in [0.2, 0.25) is 5.91 Å². The zero-order chi connectivity index (χ0) is 15.5. The van der Waals surface area contributed by atoms with Gasteiger partial charge in [-0.3, -0.25) is 4.79 Å². The van der Waals surface area contributed by atoms with Crippen LogP contribution < -0.4 is 5.32 Å². The molecule has 0 aliphatic rings. The highest BCUT2D eigenvalue weighted by atomic mass is 79.9. The van der Waals surface area contributed by atoms with Crippen molar-refractivity contribution in [1.82, 2.24) is 9.97 Å². The summed E-state index contributed by atoms with van der Waals surface area (Å²) in [7, 11) is 1.49. The fraction of sp³-hybridized carbons (Fsp3) is 0.125. The minimum atomic E-state index is -0.191. The lowest BCUT2D eigenvalue weighted by Crippen LogP contribution is -2.16. The van der Waals surface area contributed by atoms with Gasteiger partial charge in [0.25, 0.3) is 0 Å². The highest BCUT2D eigenvalue weighted by Gasteiger charge is 2.09. The maximum absolute atomic E-state index is 11.5. The second kappa shape index (κ2) is 6.29. The Kier molecular flexibility index (Phi) is 4.22. The number of H-pyrrole nitrogens is 1. The highest BCUT2D eigenvalue weighted by molar-refractivity contribution is 9.10. The Morgan fingerprint density at radius 3 is 2.91 bits per heavy atom. The first-order chi connectivity index (χ1) is 10.7. The normalized spacial score (nSPS) is 10.8. The van der Waals surface area contributed by atoms with Crippen LogP contribution in [0.15, 0.2) is 46.9 Å². The SMILES string of the molecule is COCC(=O)Nc1ccc2[nH]c(-c3ccccc3Br)nc2c1. The Morgan fingerprint density at radius 1 is 1.32 bits per heavy atom. The number of nitrogens with zero attached hydrogens (tertiary/aromatic N) is 1. The molecule has 0 unspecified atom stereocenters. The number of benzene rings is 2. The van der Waals surface area contributed by atoms with E-state index in [1.165, 1.54) is 7.11 Å². The smallest absolute Gasteiger partial charge is 0.250 e. The molecule has 112 valence electrons. The number of halogens is 1. The topological polar surface area (TPSA) is 67.0 Å². The molecule has 0 bridgehead atoms. The molecule has 0 fully saturated rings. The molecule has 2 aromatic carbocycles. The average molecular weight is 360 g/mol. The molecule has 0 atom stereocenters. The number of fused-ring (bicyclic) bond motifs is 1. The number of anilines is 1. The van der Waals surface area contributed by atoms with Gasteiger partial charge in [0.1, 0.15) is 12.4 Å². The summed E-state index contributed by atoms with van der Waals surface area (Å²) < 4.78 is 5.77. The fourth-order valence-electron chi connectivity index (χ4n) is 2.19. The summed E-state index contributed by atoms with van der Waals surface area (Å²) in [6.45, 7) is 0.0286. The largest absolute Gasteiger partial charge is 0.375 e. The molecule has 3 rings (SSSR count). The number of methoxy groups -OCH3 is 1. The summed E-state index contributed by atoms with van der Waals surface area (Å²) >= 11 is 3.52. The zero-order valence-electron chi connectivity index (χ0n) is 11.9. The number of hydrogen-bond donors (Lipinski definition) is 2. The van der Waals surface area contributed by atoms with Gasteiger partial charge in [0.05, 0.1) is 11.0 Å². The van der Waals surface area contributed by atoms with Gasteiger partial charge in [0.15, 0.2) is 0 Å². The number of amides is 1. The molecular weight excluding hydrogens is 346 g/mol. The number of imidazole rings is 1. The predicted molar refractivity (Wildman–Crippen MR) is 89.7 cm³/mol. The van der Waals surface area contributed by atoms with Crippen LogP contribution in [0, 0.1) is 0 Å². The fourth-order valence-corrected chi connectivity index (χ4v) is 2.67. The lowest BCUT2D eigenvalue weighted by Gasteiger charge is -2.03. The number of nitrogens with one attached hydrogen (secondary N) is 2. The van der Waals surface area contributed by atoms with E-state index in [1.54, 1.807) is 0 Å².